The first-order valence-electron chi connectivity index (χ1n) is 6.05. The third-order valence-corrected chi connectivity index (χ3v) is 3.85. The Kier molecular flexibility index (Phi) is 4.11. The summed E-state index contributed by atoms with van der Waals surface area (Å²) in [5.74, 6) is 0.532. The third-order valence-electron chi connectivity index (χ3n) is 2.90. The van der Waals surface area contributed by atoms with E-state index in [1.807, 2.05) is 5.38 Å². The van der Waals surface area contributed by atoms with Gasteiger partial charge in [-0.3, -0.25) is 0 Å². The molecule has 0 fully saturated rings. The number of aliphatic hydroxyl groups is 1. The molecule has 2 rings (SSSR count). The molecule has 4 heteroatoms. The standard InChI is InChI=1S/C14H18N2OS/c1-9(2)10-3-5-11(6-4-10)12-8-18-14(16-12)13(17)7-15/h3-6,8-9,13,17H,7,15H2,1-2H3. The van der Waals surface area contributed by atoms with Crippen LogP contribution in [0.15, 0.2) is 29.6 Å². The lowest BCUT2D eigenvalue weighted by molar-refractivity contribution is 0.186. The maximum atomic E-state index is 9.63. The molecule has 0 saturated heterocycles. The molecule has 0 aliphatic rings. The van der Waals surface area contributed by atoms with E-state index in [1.165, 1.54) is 16.9 Å². The van der Waals surface area contributed by atoms with Crippen LogP contribution in [0, 0.1) is 0 Å². The molecule has 0 aliphatic carbocycles. The molecule has 1 aromatic heterocycles. The van der Waals surface area contributed by atoms with Crippen LogP contribution in [0.3, 0.4) is 0 Å². The molecule has 0 amide bonds. The minimum Gasteiger partial charge on any atom is -0.385 e. The molecule has 0 radical (unpaired) electrons. The van der Waals surface area contributed by atoms with E-state index >= 15 is 0 Å². The topological polar surface area (TPSA) is 59.1 Å². The van der Waals surface area contributed by atoms with Gasteiger partial charge in [0.25, 0.3) is 0 Å². The van der Waals surface area contributed by atoms with Gasteiger partial charge in [0.05, 0.1) is 5.69 Å². The van der Waals surface area contributed by atoms with Crippen LogP contribution < -0.4 is 5.73 Å². The van der Waals surface area contributed by atoms with Crippen molar-refractivity contribution in [2.75, 3.05) is 6.54 Å². The van der Waals surface area contributed by atoms with E-state index < -0.39 is 6.10 Å². The molecule has 3 N–H and O–H groups in total. The Morgan fingerprint density at radius 2 is 1.94 bits per heavy atom. The van der Waals surface area contributed by atoms with Crippen molar-refractivity contribution in [2.45, 2.75) is 25.9 Å². The SMILES string of the molecule is CC(C)c1ccc(-c2csc(C(O)CN)n2)cc1. The lowest BCUT2D eigenvalue weighted by Crippen LogP contribution is -2.11. The van der Waals surface area contributed by atoms with Crippen molar-refractivity contribution in [3.8, 4) is 11.3 Å². The number of benzene rings is 1. The zero-order valence-electron chi connectivity index (χ0n) is 10.6. The van der Waals surface area contributed by atoms with Gasteiger partial charge in [-0.05, 0) is 11.5 Å². The van der Waals surface area contributed by atoms with Crippen LogP contribution in [0.2, 0.25) is 0 Å². The Morgan fingerprint density at radius 1 is 1.28 bits per heavy atom. The van der Waals surface area contributed by atoms with Gasteiger partial charge in [-0.2, -0.15) is 0 Å². The van der Waals surface area contributed by atoms with Crippen LogP contribution in [-0.4, -0.2) is 16.6 Å². The van der Waals surface area contributed by atoms with E-state index in [0.717, 1.165) is 11.3 Å². The van der Waals surface area contributed by atoms with Crippen LogP contribution in [0.1, 0.15) is 36.4 Å². The van der Waals surface area contributed by atoms with Gasteiger partial charge in [0.15, 0.2) is 0 Å². The summed E-state index contributed by atoms with van der Waals surface area (Å²) in [5, 5.41) is 12.3. The van der Waals surface area contributed by atoms with E-state index in [1.54, 1.807) is 0 Å². The predicted molar refractivity (Wildman–Crippen MR) is 75.7 cm³/mol. The molecule has 96 valence electrons. The Morgan fingerprint density at radius 3 is 2.50 bits per heavy atom. The fourth-order valence-electron chi connectivity index (χ4n) is 1.71. The van der Waals surface area contributed by atoms with Crippen molar-refractivity contribution in [1.82, 2.24) is 4.98 Å². The van der Waals surface area contributed by atoms with Gasteiger partial charge in [0.2, 0.25) is 0 Å². The fraction of sp³-hybridized carbons (Fsp3) is 0.357. The van der Waals surface area contributed by atoms with E-state index in [9.17, 15) is 5.11 Å². The van der Waals surface area contributed by atoms with Gasteiger partial charge >= 0.3 is 0 Å². The molecular formula is C14H18N2OS. The Balaban J connectivity index is 2.23. The molecule has 1 heterocycles. The van der Waals surface area contributed by atoms with Crippen LogP contribution in [0.5, 0.6) is 0 Å². The third kappa shape index (κ3) is 2.77. The van der Waals surface area contributed by atoms with E-state index in [-0.39, 0.29) is 6.54 Å². The van der Waals surface area contributed by atoms with Crippen LogP contribution in [-0.2, 0) is 0 Å². The molecule has 0 aliphatic heterocycles. The van der Waals surface area contributed by atoms with Gasteiger partial charge in [-0.1, -0.05) is 38.1 Å². The molecule has 0 saturated carbocycles. The molecule has 18 heavy (non-hydrogen) atoms. The van der Waals surface area contributed by atoms with Gasteiger partial charge in [0.1, 0.15) is 11.1 Å². The Labute approximate surface area is 111 Å². The van der Waals surface area contributed by atoms with Gasteiger partial charge in [0, 0.05) is 17.5 Å². The minimum absolute atomic E-state index is 0.208. The Hall–Kier alpha value is -1.23. The molecule has 0 spiro atoms. The van der Waals surface area contributed by atoms with Crippen molar-refractivity contribution in [2.24, 2.45) is 5.73 Å². The number of thiazole rings is 1. The number of aliphatic hydroxyl groups excluding tert-OH is 1. The smallest absolute Gasteiger partial charge is 0.123 e. The number of hydrogen-bond donors (Lipinski definition) is 2. The average Bonchev–Trinajstić information content (AvgIpc) is 2.87. The second-order valence-corrected chi connectivity index (χ2v) is 5.49. The highest BCUT2D eigenvalue weighted by Crippen LogP contribution is 2.26. The summed E-state index contributed by atoms with van der Waals surface area (Å²) < 4.78 is 0. The largest absolute Gasteiger partial charge is 0.385 e. The lowest BCUT2D eigenvalue weighted by Gasteiger charge is -2.05. The highest BCUT2D eigenvalue weighted by Gasteiger charge is 2.11. The van der Waals surface area contributed by atoms with Crippen molar-refractivity contribution in [3.63, 3.8) is 0 Å². The van der Waals surface area contributed by atoms with Gasteiger partial charge < -0.3 is 10.8 Å². The zero-order valence-corrected chi connectivity index (χ0v) is 11.4. The summed E-state index contributed by atoms with van der Waals surface area (Å²) >= 11 is 1.45. The minimum atomic E-state index is -0.654. The van der Waals surface area contributed by atoms with Crippen molar-refractivity contribution >= 4 is 11.3 Å². The van der Waals surface area contributed by atoms with E-state index in [2.05, 4.69) is 43.1 Å². The average molecular weight is 262 g/mol. The summed E-state index contributed by atoms with van der Waals surface area (Å²) in [6, 6.07) is 8.39. The molecule has 2 aromatic rings. The molecule has 1 unspecified atom stereocenters. The molecule has 3 nitrogen and oxygen atoms in total. The normalized spacial score (nSPS) is 12.9. The first-order chi connectivity index (χ1) is 8.61. The fourth-order valence-corrected chi connectivity index (χ4v) is 2.54. The number of nitrogens with two attached hydrogens (primary N) is 1. The number of hydrogen-bond acceptors (Lipinski definition) is 4. The van der Waals surface area contributed by atoms with Gasteiger partial charge in [-0.15, -0.1) is 11.3 Å². The van der Waals surface area contributed by atoms with Crippen LogP contribution in [0.4, 0.5) is 0 Å². The zero-order chi connectivity index (χ0) is 13.1. The maximum absolute atomic E-state index is 9.63. The molecule has 0 bridgehead atoms. The van der Waals surface area contributed by atoms with Gasteiger partial charge in [-0.25, -0.2) is 4.98 Å². The van der Waals surface area contributed by atoms with Crippen molar-refractivity contribution < 1.29 is 5.11 Å². The summed E-state index contributed by atoms with van der Waals surface area (Å²) in [6.45, 7) is 4.56. The van der Waals surface area contributed by atoms with E-state index in [0.29, 0.717) is 10.9 Å². The van der Waals surface area contributed by atoms with Crippen LogP contribution in [0.25, 0.3) is 11.3 Å². The molecular weight excluding hydrogens is 244 g/mol. The summed E-state index contributed by atoms with van der Waals surface area (Å²) in [4.78, 5) is 4.41. The molecule has 1 aromatic carbocycles. The highest BCUT2D eigenvalue weighted by molar-refractivity contribution is 7.10. The van der Waals surface area contributed by atoms with Crippen LogP contribution >= 0.6 is 11.3 Å². The maximum Gasteiger partial charge on any atom is 0.123 e. The van der Waals surface area contributed by atoms with Crippen molar-refractivity contribution in [3.05, 3.63) is 40.2 Å². The molecule has 1 atom stereocenters. The second-order valence-electron chi connectivity index (χ2n) is 4.60. The summed E-state index contributed by atoms with van der Waals surface area (Å²) in [6.07, 6.45) is -0.654. The number of rotatable bonds is 4. The van der Waals surface area contributed by atoms with Crippen molar-refractivity contribution in [1.29, 1.82) is 0 Å². The summed E-state index contributed by atoms with van der Waals surface area (Å²) in [5.41, 5.74) is 8.71. The summed E-state index contributed by atoms with van der Waals surface area (Å²) in [7, 11) is 0. The lowest BCUT2D eigenvalue weighted by atomic mass is 10.0. The number of aromatic nitrogens is 1. The highest BCUT2D eigenvalue weighted by atomic mass is 32.1. The first kappa shape index (κ1) is 13.2. The van der Waals surface area contributed by atoms with E-state index in [4.69, 9.17) is 5.73 Å². The first-order valence-corrected chi connectivity index (χ1v) is 6.93. The number of nitrogens with zero attached hydrogens (tertiary/aromatic N) is 1. The Bertz CT molecular complexity index is 505. The second kappa shape index (κ2) is 5.61. The monoisotopic (exact) mass is 262 g/mol. The predicted octanol–water partition coefficient (Wildman–Crippen LogP) is 2.93. The quantitative estimate of drug-likeness (QED) is 0.890.